The molecule has 0 amide bonds. The van der Waals surface area contributed by atoms with E-state index in [4.69, 9.17) is 0 Å². The van der Waals surface area contributed by atoms with Gasteiger partial charge in [0.25, 0.3) is 0 Å². The average Bonchev–Trinajstić information content (AvgIpc) is 2.66. The van der Waals surface area contributed by atoms with E-state index < -0.39 is 11.9 Å². The lowest BCUT2D eigenvalue weighted by atomic mass is 10.2. The normalized spacial score (nSPS) is 11.8. The van der Waals surface area contributed by atoms with Gasteiger partial charge in [0, 0.05) is 4.47 Å². The number of hydrogen-bond acceptors (Lipinski definition) is 2. The summed E-state index contributed by atoms with van der Waals surface area (Å²) >= 11 is 3.21. The molecule has 0 aliphatic rings. The molecule has 2 aromatic rings. The Hall–Kier alpha value is -1.30. The van der Waals surface area contributed by atoms with Gasteiger partial charge < -0.3 is 4.42 Å². The summed E-state index contributed by atoms with van der Waals surface area (Å²) in [5.41, 5.74) is 0.484. The maximum Gasteiger partial charge on any atom is 0.451 e. The molecule has 6 heteroatoms. The minimum absolute atomic E-state index is 0.0557. The predicted octanol–water partition coefficient (Wildman–Crippen LogP) is 4.12. The van der Waals surface area contributed by atoms with E-state index in [9.17, 15) is 13.2 Å². The molecule has 0 saturated carbocycles. The fourth-order valence-electron chi connectivity index (χ4n) is 1.16. The second-order valence-electron chi connectivity index (χ2n) is 3.01. The Labute approximate surface area is 97.2 Å². The van der Waals surface area contributed by atoms with Crippen LogP contribution >= 0.6 is 15.9 Å². The highest BCUT2D eigenvalue weighted by Gasteiger charge is 2.35. The maximum atomic E-state index is 12.3. The summed E-state index contributed by atoms with van der Waals surface area (Å²) in [6.07, 6.45) is -3.83. The number of hydrogen-bond donors (Lipinski definition) is 0. The smallest absolute Gasteiger partial charge is 0.432 e. The van der Waals surface area contributed by atoms with Gasteiger partial charge >= 0.3 is 6.18 Å². The van der Waals surface area contributed by atoms with E-state index in [0.29, 0.717) is 16.2 Å². The predicted molar refractivity (Wildman–Crippen MR) is 54.6 cm³/mol. The molecule has 0 spiro atoms. The Bertz CT molecular complexity index is 507. The molecule has 16 heavy (non-hydrogen) atoms. The van der Waals surface area contributed by atoms with Gasteiger partial charge in [0.2, 0.25) is 11.7 Å². The van der Waals surface area contributed by atoms with Crippen molar-refractivity contribution in [3.63, 3.8) is 0 Å². The summed E-state index contributed by atoms with van der Waals surface area (Å²) in [6, 6.07) is 6.77. The van der Waals surface area contributed by atoms with Gasteiger partial charge in [0.1, 0.15) is 0 Å². The first kappa shape index (κ1) is 11.2. The molecule has 2 rings (SSSR count). The first-order valence-electron chi connectivity index (χ1n) is 4.26. The molecule has 0 N–H and O–H groups in total. The molecule has 0 fully saturated rings. The summed E-state index contributed by atoms with van der Waals surface area (Å²) in [4.78, 5) is 3.60. The topological polar surface area (TPSA) is 26.0 Å². The van der Waals surface area contributed by atoms with Crippen LogP contribution < -0.4 is 0 Å². The quantitative estimate of drug-likeness (QED) is 0.790. The molecule has 0 atom stereocenters. The van der Waals surface area contributed by atoms with Crippen molar-refractivity contribution in [1.82, 2.24) is 4.98 Å². The molecule has 0 aliphatic heterocycles. The second kappa shape index (κ2) is 3.93. The molecule has 1 aromatic carbocycles. The van der Waals surface area contributed by atoms with Gasteiger partial charge in [-0.1, -0.05) is 12.1 Å². The number of nitrogens with zero attached hydrogens (tertiary/aromatic N) is 1. The minimum Gasteiger partial charge on any atom is -0.432 e. The SMILES string of the molecule is FC(F)(F)c1cnc(-c2ccccc2Br)o1. The molecule has 84 valence electrons. The van der Waals surface area contributed by atoms with Crippen LogP contribution in [0.3, 0.4) is 0 Å². The molecule has 0 unspecified atom stereocenters. The standard InChI is InChI=1S/C10H5BrF3NO/c11-7-4-2-1-3-6(7)9-15-5-8(16-9)10(12,13)14/h1-5H. The van der Waals surface area contributed by atoms with Crippen molar-refractivity contribution in [1.29, 1.82) is 0 Å². The van der Waals surface area contributed by atoms with E-state index in [1.54, 1.807) is 24.3 Å². The fourth-order valence-corrected chi connectivity index (χ4v) is 1.62. The van der Waals surface area contributed by atoms with Crippen molar-refractivity contribution in [2.45, 2.75) is 6.18 Å². The lowest BCUT2D eigenvalue weighted by molar-refractivity contribution is -0.152. The fraction of sp³-hybridized carbons (Fsp3) is 0.100. The molecule has 2 nitrogen and oxygen atoms in total. The Kier molecular flexibility index (Phi) is 2.75. The number of halogens is 4. The van der Waals surface area contributed by atoms with Crippen molar-refractivity contribution in [3.05, 3.63) is 40.7 Å². The number of rotatable bonds is 1. The van der Waals surface area contributed by atoms with E-state index in [0.717, 1.165) is 0 Å². The summed E-state index contributed by atoms with van der Waals surface area (Å²) in [5.74, 6) is -1.15. The zero-order chi connectivity index (χ0) is 11.8. The average molecular weight is 292 g/mol. The summed E-state index contributed by atoms with van der Waals surface area (Å²) in [6.45, 7) is 0. The molecule has 0 bridgehead atoms. The monoisotopic (exact) mass is 291 g/mol. The van der Waals surface area contributed by atoms with Gasteiger partial charge in [-0.3, -0.25) is 0 Å². The molecular formula is C10H5BrF3NO. The summed E-state index contributed by atoms with van der Waals surface area (Å²) in [7, 11) is 0. The van der Waals surface area contributed by atoms with Crippen LogP contribution in [0.2, 0.25) is 0 Å². The van der Waals surface area contributed by atoms with Crippen molar-refractivity contribution < 1.29 is 17.6 Å². The van der Waals surface area contributed by atoms with Crippen LogP contribution in [-0.4, -0.2) is 4.98 Å². The van der Waals surface area contributed by atoms with Gasteiger partial charge in [0.05, 0.1) is 11.8 Å². The van der Waals surface area contributed by atoms with Gasteiger partial charge in [-0.05, 0) is 28.1 Å². The van der Waals surface area contributed by atoms with Crippen LogP contribution in [0.25, 0.3) is 11.5 Å². The van der Waals surface area contributed by atoms with E-state index in [2.05, 4.69) is 25.3 Å². The van der Waals surface area contributed by atoms with Crippen LogP contribution in [0, 0.1) is 0 Å². The van der Waals surface area contributed by atoms with Gasteiger partial charge in [-0.15, -0.1) is 0 Å². The lowest BCUT2D eigenvalue weighted by Crippen LogP contribution is -2.02. The van der Waals surface area contributed by atoms with Crippen LogP contribution in [0.15, 0.2) is 39.4 Å². The van der Waals surface area contributed by atoms with Crippen LogP contribution in [0.5, 0.6) is 0 Å². The van der Waals surface area contributed by atoms with E-state index in [-0.39, 0.29) is 5.89 Å². The first-order chi connectivity index (χ1) is 7.48. The van der Waals surface area contributed by atoms with Gasteiger partial charge in [-0.2, -0.15) is 13.2 Å². The Morgan fingerprint density at radius 2 is 1.88 bits per heavy atom. The van der Waals surface area contributed by atoms with E-state index >= 15 is 0 Å². The highest BCUT2D eigenvalue weighted by atomic mass is 79.9. The van der Waals surface area contributed by atoms with Crippen LogP contribution in [-0.2, 0) is 6.18 Å². The Morgan fingerprint density at radius 3 is 2.44 bits per heavy atom. The Morgan fingerprint density at radius 1 is 1.19 bits per heavy atom. The second-order valence-corrected chi connectivity index (χ2v) is 3.86. The highest BCUT2D eigenvalue weighted by Crippen LogP contribution is 2.34. The molecule has 1 heterocycles. The third-order valence-electron chi connectivity index (χ3n) is 1.89. The lowest BCUT2D eigenvalue weighted by Gasteiger charge is -2.00. The number of aromatic nitrogens is 1. The van der Waals surface area contributed by atoms with Crippen molar-refractivity contribution in [3.8, 4) is 11.5 Å². The van der Waals surface area contributed by atoms with Crippen LogP contribution in [0.1, 0.15) is 5.76 Å². The summed E-state index contributed by atoms with van der Waals surface area (Å²) < 4.78 is 42.1. The highest BCUT2D eigenvalue weighted by molar-refractivity contribution is 9.10. The minimum atomic E-state index is -4.51. The maximum absolute atomic E-state index is 12.3. The third kappa shape index (κ3) is 2.11. The van der Waals surface area contributed by atoms with Crippen molar-refractivity contribution >= 4 is 15.9 Å². The molecule has 0 saturated heterocycles. The Balaban J connectivity index is 2.44. The van der Waals surface area contributed by atoms with E-state index in [1.807, 2.05) is 0 Å². The van der Waals surface area contributed by atoms with Crippen molar-refractivity contribution in [2.75, 3.05) is 0 Å². The molecule has 0 aliphatic carbocycles. The first-order valence-corrected chi connectivity index (χ1v) is 5.06. The zero-order valence-corrected chi connectivity index (χ0v) is 9.34. The number of alkyl halides is 3. The molecule has 0 radical (unpaired) electrons. The largest absolute Gasteiger partial charge is 0.451 e. The van der Waals surface area contributed by atoms with Gasteiger partial charge in [0.15, 0.2) is 0 Å². The molecular weight excluding hydrogens is 287 g/mol. The van der Waals surface area contributed by atoms with Crippen molar-refractivity contribution in [2.24, 2.45) is 0 Å². The number of benzene rings is 1. The van der Waals surface area contributed by atoms with Gasteiger partial charge in [-0.25, -0.2) is 4.98 Å². The summed E-state index contributed by atoms with van der Waals surface area (Å²) in [5, 5.41) is 0. The van der Waals surface area contributed by atoms with Crippen LogP contribution in [0.4, 0.5) is 13.2 Å². The van der Waals surface area contributed by atoms with E-state index in [1.165, 1.54) is 0 Å². The molecule has 1 aromatic heterocycles. The third-order valence-corrected chi connectivity index (χ3v) is 2.58. The zero-order valence-electron chi connectivity index (χ0n) is 7.75. The number of oxazole rings is 1.